The summed E-state index contributed by atoms with van der Waals surface area (Å²) in [5.41, 5.74) is 3.77. The van der Waals surface area contributed by atoms with E-state index in [0.717, 1.165) is 12.5 Å². The number of aromatic nitrogens is 1. The highest BCUT2D eigenvalue weighted by Crippen LogP contribution is 2.36. The van der Waals surface area contributed by atoms with E-state index in [2.05, 4.69) is 52.5 Å². The monoisotopic (exact) mass is 279 g/mol. The summed E-state index contributed by atoms with van der Waals surface area (Å²) in [4.78, 5) is 6.81. The first kappa shape index (κ1) is 12.8. The molecule has 0 amide bonds. The van der Waals surface area contributed by atoms with Gasteiger partial charge in [-0.05, 0) is 48.6 Å². The lowest BCUT2D eigenvalue weighted by atomic mass is 10.0. The van der Waals surface area contributed by atoms with Gasteiger partial charge in [0.1, 0.15) is 0 Å². The smallest absolute Gasteiger partial charge is 0.0458 e. The molecule has 0 bridgehead atoms. The fraction of sp³-hybridized carbons (Fsp3) is 0.389. The molecule has 2 aliphatic rings. The van der Waals surface area contributed by atoms with Crippen molar-refractivity contribution in [2.24, 2.45) is 5.92 Å². The summed E-state index contributed by atoms with van der Waals surface area (Å²) >= 11 is 0. The molecule has 2 aliphatic heterocycles. The fourth-order valence-electron chi connectivity index (χ4n) is 3.97. The molecule has 1 aromatic carbocycles. The number of rotatable bonds is 2. The molecule has 2 aromatic rings. The van der Waals surface area contributed by atoms with Crippen LogP contribution in [0.4, 0.5) is 5.69 Å². The van der Waals surface area contributed by atoms with E-state index in [1.807, 2.05) is 18.5 Å². The topological polar surface area (TPSA) is 28.2 Å². The largest absolute Gasteiger partial charge is 0.364 e. The number of nitrogens with one attached hydrogen (secondary N) is 1. The van der Waals surface area contributed by atoms with Crippen molar-refractivity contribution >= 4 is 5.69 Å². The van der Waals surface area contributed by atoms with E-state index in [-0.39, 0.29) is 0 Å². The Kier molecular flexibility index (Phi) is 3.15. The highest BCUT2D eigenvalue weighted by atomic mass is 15.3. The summed E-state index contributed by atoms with van der Waals surface area (Å²) in [6, 6.07) is 14.4. The molecule has 3 atom stereocenters. The van der Waals surface area contributed by atoms with E-state index in [0.29, 0.717) is 12.1 Å². The summed E-state index contributed by atoms with van der Waals surface area (Å²) in [5, 5.41) is 3.53. The van der Waals surface area contributed by atoms with Crippen molar-refractivity contribution in [1.82, 2.24) is 10.3 Å². The van der Waals surface area contributed by atoms with E-state index in [9.17, 15) is 0 Å². The number of nitrogens with zero attached hydrogens (tertiary/aromatic N) is 2. The first-order valence-corrected chi connectivity index (χ1v) is 7.82. The van der Waals surface area contributed by atoms with Crippen molar-refractivity contribution in [2.75, 3.05) is 18.0 Å². The Morgan fingerprint density at radius 2 is 1.95 bits per heavy atom. The van der Waals surface area contributed by atoms with Gasteiger partial charge in [-0.3, -0.25) is 4.98 Å². The second-order valence-electron chi connectivity index (χ2n) is 6.27. The van der Waals surface area contributed by atoms with Crippen molar-refractivity contribution in [3.05, 3.63) is 48.8 Å². The highest BCUT2D eigenvalue weighted by molar-refractivity contribution is 5.66. The molecule has 4 rings (SSSR count). The van der Waals surface area contributed by atoms with Gasteiger partial charge in [0.05, 0.1) is 0 Å². The van der Waals surface area contributed by atoms with Crippen molar-refractivity contribution in [3.63, 3.8) is 0 Å². The Labute approximate surface area is 126 Å². The van der Waals surface area contributed by atoms with E-state index >= 15 is 0 Å². The third-order valence-electron chi connectivity index (χ3n) is 4.94. The highest BCUT2D eigenvalue weighted by Gasteiger charge is 2.41. The Balaban J connectivity index is 1.62. The number of pyridine rings is 1. The molecule has 1 N–H and O–H groups in total. The van der Waals surface area contributed by atoms with Crippen LogP contribution in [-0.2, 0) is 0 Å². The van der Waals surface area contributed by atoms with Gasteiger partial charge in [-0.1, -0.05) is 18.2 Å². The van der Waals surface area contributed by atoms with E-state index in [4.69, 9.17) is 0 Å². The van der Waals surface area contributed by atoms with Gasteiger partial charge in [-0.2, -0.15) is 0 Å². The van der Waals surface area contributed by atoms with Crippen molar-refractivity contribution in [2.45, 2.75) is 25.4 Å². The van der Waals surface area contributed by atoms with Gasteiger partial charge in [0.25, 0.3) is 0 Å². The minimum absolute atomic E-state index is 0.645. The lowest BCUT2D eigenvalue weighted by Gasteiger charge is -2.30. The first-order chi connectivity index (χ1) is 10.3. The van der Waals surface area contributed by atoms with Crippen LogP contribution in [0.2, 0.25) is 0 Å². The first-order valence-electron chi connectivity index (χ1n) is 7.82. The molecule has 1 aromatic heterocycles. The van der Waals surface area contributed by atoms with Crippen molar-refractivity contribution in [1.29, 1.82) is 0 Å². The quantitative estimate of drug-likeness (QED) is 0.916. The Morgan fingerprint density at radius 1 is 1.10 bits per heavy atom. The molecule has 21 heavy (non-hydrogen) atoms. The Hall–Kier alpha value is -1.87. The van der Waals surface area contributed by atoms with Crippen LogP contribution in [0.3, 0.4) is 0 Å². The minimum Gasteiger partial charge on any atom is -0.364 e. The van der Waals surface area contributed by atoms with Crippen LogP contribution in [0.15, 0.2) is 48.8 Å². The number of hydrogen-bond acceptors (Lipinski definition) is 3. The van der Waals surface area contributed by atoms with Crippen molar-refractivity contribution in [3.8, 4) is 11.1 Å². The maximum Gasteiger partial charge on any atom is 0.0458 e. The zero-order valence-corrected chi connectivity index (χ0v) is 12.4. The standard InChI is InChI=1S/C18H21N3/c1-13-9-16-11-20-12-18(16)21(13)17-6-4-14(5-7-17)15-3-2-8-19-10-15/h2-8,10,13,16,18,20H,9,11-12H2,1H3. The summed E-state index contributed by atoms with van der Waals surface area (Å²) in [7, 11) is 0. The third kappa shape index (κ3) is 2.22. The van der Waals surface area contributed by atoms with Gasteiger partial charge in [-0.15, -0.1) is 0 Å². The maximum absolute atomic E-state index is 4.20. The normalized spacial score (nSPS) is 27.9. The lowest BCUT2D eigenvalue weighted by molar-refractivity contribution is 0.569. The molecule has 2 fully saturated rings. The predicted octanol–water partition coefficient (Wildman–Crippen LogP) is 2.94. The van der Waals surface area contributed by atoms with E-state index < -0.39 is 0 Å². The van der Waals surface area contributed by atoms with Crippen LogP contribution in [0.5, 0.6) is 0 Å². The average Bonchev–Trinajstić information content (AvgIpc) is 3.08. The van der Waals surface area contributed by atoms with Crippen LogP contribution < -0.4 is 10.2 Å². The van der Waals surface area contributed by atoms with Gasteiger partial charge >= 0.3 is 0 Å². The van der Waals surface area contributed by atoms with Gasteiger partial charge < -0.3 is 10.2 Å². The second-order valence-corrected chi connectivity index (χ2v) is 6.27. The second kappa shape index (κ2) is 5.15. The van der Waals surface area contributed by atoms with Crippen molar-refractivity contribution < 1.29 is 0 Å². The van der Waals surface area contributed by atoms with Crippen LogP contribution in [-0.4, -0.2) is 30.2 Å². The Bertz CT molecular complexity index is 608. The molecular formula is C18H21N3. The fourth-order valence-corrected chi connectivity index (χ4v) is 3.97. The molecule has 0 saturated carbocycles. The lowest BCUT2D eigenvalue weighted by Crippen LogP contribution is -2.38. The van der Waals surface area contributed by atoms with Crippen LogP contribution in [0, 0.1) is 5.92 Å². The minimum atomic E-state index is 0.645. The molecule has 3 heterocycles. The predicted molar refractivity (Wildman–Crippen MR) is 86.4 cm³/mol. The number of hydrogen-bond donors (Lipinski definition) is 1. The molecule has 0 spiro atoms. The van der Waals surface area contributed by atoms with Gasteiger partial charge in [0, 0.05) is 43.3 Å². The van der Waals surface area contributed by atoms with E-state index in [1.54, 1.807) is 0 Å². The van der Waals surface area contributed by atoms with Crippen LogP contribution in [0.1, 0.15) is 13.3 Å². The van der Waals surface area contributed by atoms with Gasteiger partial charge in [0.2, 0.25) is 0 Å². The zero-order valence-electron chi connectivity index (χ0n) is 12.4. The molecule has 0 radical (unpaired) electrons. The Morgan fingerprint density at radius 3 is 2.71 bits per heavy atom. The van der Waals surface area contributed by atoms with Gasteiger partial charge in [0.15, 0.2) is 0 Å². The molecule has 0 aliphatic carbocycles. The number of anilines is 1. The molecule has 3 unspecified atom stereocenters. The van der Waals surface area contributed by atoms with Crippen LogP contribution in [0.25, 0.3) is 11.1 Å². The molecule has 108 valence electrons. The third-order valence-corrected chi connectivity index (χ3v) is 4.94. The number of benzene rings is 1. The average molecular weight is 279 g/mol. The molecular weight excluding hydrogens is 258 g/mol. The number of fused-ring (bicyclic) bond motifs is 1. The molecule has 2 saturated heterocycles. The van der Waals surface area contributed by atoms with Crippen LogP contribution >= 0.6 is 0 Å². The summed E-state index contributed by atoms with van der Waals surface area (Å²) in [6.07, 6.45) is 5.05. The molecule has 3 nitrogen and oxygen atoms in total. The summed E-state index contributed by atoms with van der Waals surface area (Å²) < 4.78 is 0. The SMILES string of the molecule is CC1CC2CNCC2N1c1ccc(-c2cccnc2)cc1. The summed E-state index contributed by atoms with van der Waals surface area (Å²) in [6.45, 7) is 4.66. The molecule has 3 heteroatoms. The zero-order chi connectivity index (χ0) is 14.2. The van der Waals surface area contributed by atoms with E-state index in [1.165, 1.54) is 29.8 Å². The summed E-state index contributed by atoms with van der Waals surface area (Å²) in [5.74, 6) is 0.818. The maximum atomic E-state index is 4.20. The van der Waals surface area contributed by atoms with Gasteiger partial charge in [-0.25, -0.2) is 0 Å².